The van der Waals surface area contributed by atoms with Crippen molar-refractivity contribution >= 4 is 33.6 Å². The lowest BCUT2D eigenvalue weighted by Gasteiger charge is -2.09. The van der Waals surface area contributed by atoms with Crippen molar-refractivity contribution in [1.29, 1.82) is 0 Å². The highest BCUT2D eigenvalue weighted by molar-refractivity contribution is 9.10. The van der Waals surface area contributed by atoms with Gasteiger partial charge in [-0.3, -0.25) is 0 Å². The number of esters is 1. The second kappa shape index (κ2) is 8.33. The molecule has 23 heavy (non-hydrogen) atoms. The average molecular weight is 377 g/mol. The second-order valence-electron chi connectivity index (χ2n) is 4.79. The highest BCUT2D eigenvalue weighted by Gasteiger charge is 2.07. The summed E-state index contributed by atoms with van der Waals surface area (Å²) in [6.07, 6.45) is 0.719. The summed E-state index contributed by atoms with van der Waals surface area (Å²) >= 11 is 3.47. The van der Waals surface area contributed by atoms with E-state index >= 15 is 0 Å². The third-order valence-corrected chi connectivity index (χ3v) is 3.95. The van der Waals surface area contributed by atoms with E-state index in [1.807, 2.05) is 24.3 Å². The van der Waals surface area contributed by atoms with Crippen molar-refractivity contribution in [2.45, 2.75) is 6.42 Å². The van der Waals surface area contributed by atoms with Gasteiger partial charge in [-0.05, 0) is 36.2 Å². The lowest BCUT2D eigenvalue weighted by molar-refractivity contribution is 0.0600. The molecule has 6 heteroatoms. The van der Waals surface area contributed by atoms with Crippen molar-refractivity contribution in [3.8, 4) is 0 Å². The highest BCUT2D eigenvalue weighted by Crippen LogP contribution is 2.16. The molecular weight excluding hydrogens is 360 g/mol. The van der Waals surface area contributed by atoms with Crippen LogP contribution in [0.4, 0.5) is 10.5 Å². The Kier molecular flexibility index (Phi) is 6.17. The fraction of sp³-hybridized carbons (Fsp3) is 0.176. The van der Waals surface area contributed by atoms with Crippen LogP contribution in [-0.4, -0.2) is 25.7 Å². The molecule has 0 aliphatic carbocycles. The first kappa shape index (κ1) is 17.0. The molecule has 2 rings (SSSR count). The van der Waals surface area contributed by atoms with E-state index in [-0.39, 0.29) is 6.03 Å². The predicted molar refractivity (Wildman–Crippen MR) is 92.6 cm³/mol. The minimum Gasteiger partial charge on any atom is -0.465 e. The molecule has 0 spiro atoms. The summed E-state index contributed by atoms with van der Waals surface area (Å²) < 4.78 is 5.67. The number of hydrogen-bond acceptors (Lipinski definition) is 3. The van der Waals surface area contributed by atoms with E-state index < -0.39 is 5.97 Å². The zero-order valence-corrected chi connectivity index (χ0v) is 14.2. The Balaban J connectivity index is 1.85. The molecule has 0 heterocycles. The standard InChI is InChI=1S/C17H17BrN2O3/c1-23-16(21)13-6-4-7-14(11-13)20-17(22)19-10-9-12-5-2-3-8-15(12)18/h2-8,11H,9-10H2,1H3,(H2,19,20,22). The third kappa shape index (κ3) is 5.10. The molecule has 0 aliphatic heterocycles. The number of benzene rings is 2. The number of halogens is 1. The molecule has 0 unspecified atom stereocenters. The van der Waals surface area contributed by atoms with E-state index in [2.05, 4.69) is 31.3 Å². The zero-order chi connectivity index (χ0) is 16.7. The molecule has 0 saturated heterocycles. The molecule has 2 aromatic rings. The van der Waals surface area contributed by atoms with Crippen molar-refractivity contribution in [1.82, 2.24) is 5.32 Å². The van der Waals surface area contributed by atoms with Gasteiger partial charge in [0.25, 0.3) is 0 Å². The molecule has 2 amide bonds. The Morgan fingerprint density at radius 2 is 1.91 bits per heavy atom. The SMILES string of the molecule is COC(=O)c1cccc(NC(=O)NCCc2ccccc2Br)c1. The minimum atomic E-state index is -0.442. The lowest BCUT2D eigenvalue weighted by Crippen LogP contribution is -2.30. The molecule has 0 bridgehead atoms. The molecule has 2 N–H and O–H groups in total. The lowest BCUT2D eigenvalue weighted by atomic mass is 10.1. The van der Waals surface area contributed by atoms with Crippen LogP contribution in [-0.2, 0) is 11.2 Å². The maximum atomic E-state index is 11.9. The maximum absolute atomic E-state index is 11.9. The summed E-state index contributed by atoms with van der Waals surface area (Å²) in [5.41, 5.74) is 2.05. The molecule has 0 saturated carbocycles. The number of methoxy groups -OCH3 is 1. The Labute approximate surface area is 143 Å². The van der Waals surface area contributed by atoms with Gasteiger partial charge in [-0.25, -0.2) is 9.59 Å². The normalized spacial score (nSPS) is 10.0. The van der Waals surface area contributed by atoms with Gasteiger partial charge in [-0.2, -0.15) is 0 Å². The summed E-state index contributed by atoms with van der Waals surface area (Å²) in [5, 5.41) is 5.48. The third-order valence-electron chi connectivity index (χ3n) is 3.18. The number of anilines is 1. The van der Waals surface area contributed by atoms with Gasteiger partial charge < -0.3 is 15.4 Å². The summed E-state index contributed by atoms with van der Waals surface area (Å²) in [6.45, 7) is 0.505. The Morgan fingerprint density at radius 3 is 2.65 bits per heavy atom. The Hall–Kier alpha value is -2.34. The molecule has 0 aromatic heterocycles. The number of ether oxygens (including phenoxy) is 1. The van der Waals surface area contributed by atoms with E-state index in [4.69, 9.17) is 0 Å². The molecular formula is C17H17BrN2O3. The van der Waals surface area contributed by atoms with Crippen molar-refractivity contribution in [2.24, 2.45) is 0 Å². The smallest absolute Gasteiger partial charge is 0.337 e. The van der Waals surface area contributed by atoms with Crippen LogP contribution in [0.3, 0.4) is 0 Å². The zero-order valence-electron chi connectivity index (χ0n) is 12.6. The number of carbonyl (C=O) groups is 2. The molecule has 0 atom stereocenters. The maximum Gasteiger partial charge on any atom is 0.337 e. The number of nitrogens with one attached hydrogen (secondary N) is 2. The fourth-order valence-electron chi connectivity index (χ4n) is 2.03. The van der Waals surface area contributed by atoms with Gasteiger partial charge in [0.1, 0.15) is 0 Å². The van der Waals surface area contributed by atoms with Crippen LogP contribution in [0.25, 0.3) is 0 Å². The predicted octanol–water partition coefficient (Wildman–Crippen LogP) is 3.60. The average Bonchev–Trinajstić information content (AvgIpc) is 2.56. The number of urea groups is 1. The molecule has 0 radical (unpaired) electrons. The first-order valence-electron chi connectivity index (χ1n) is 7.07. The number of carbonyl (C=O) groups excluding carboxylic acids is 2. The molecule has 0 aliphatic rings. The second-order valence-corrected chi connectivity index (χ2v) is 5.65. The van der Waals surface area contributed by atoms with Gasteiger partial charge in [0, 0.05) is 16.7 Å². The van der Waals surface area contributed by atoms with Crippen LogP contribution in [0.2, 0.25) is 0 Å². The van der Waals surface area contributed by atoms with E-state index in [0.29, 0.717) is 17.8 Å². The van der Waals surface area contributed by atoms with Gasteiger partial charge >= 0.3 is 12.0 Å². The van der Waals surface area contributed by atoms with E-state index in [1.54, 1.807) is 24.3 Å². The fourth-order valence-corrected chi connectivity index (χ4v) is 2.51. The van der Waals surface area contributed by atoms with Gasteiger partial charge in [-0.15, -0.1) is 0 Å². The summed E-state index contributed by atoms with van der Waals surface area (Å²) in [6, 6.07) is 14.1. The van der Waals surface area contributed by atoms with Gasteiger partial charge in [-0.1, -0.05) is 40.2 Å². The Bertz CT molecular complexity index is 704. The van der Waals surface area contributed by atoms with Crippen LogP contribution in [0, 0.1) is 0 Å². The van der Waals surface area contributed by atoms with Gasteiger partial charge in [0.05, 0.1) is 12.7 Å². The summed E-state index contributed by atoms with van der Waals surface area (Å²) in [4.78, 5) is 23.3. The largest absolute Gasteiger partial charge is 0.465 e. The molecule has 120 valence electrons. The van der Waals surface area contributed by atoms with Gasteiger partial charge in [0.15, 0.2) is 0 Å². The van der Waals surface area contributed by atoms with Crippen LogP contribution in [0.15, 0.2) is 53.0 Å². The number of hydrogen-bond donors (Lipinski definition) is 2. The number of amides is 2. The van der Waals surface area contributed by atoms with Crippen molar-refractivity contribution in [3.05, 3.63) is 64.1 Å². The van der Waals surface area contributed by atoms with Crippen LogP contribution in [0.5, 0.6) is 0 Å². The highest BCUT2D eigenvalue weighted by atomic mass is 79.9. The van der Waals surface area contributed by atoms with Gasteiger partial charge in [0.2, 0.25) is 0 Å². The minimum absolute atomic E-state index is 0.320. The van der Waals surface area contributed by atoms with E-state index in [1.165, 1.54) is 7.11 Å². The van der Waals surface area contributed by atoms with E-state index in [0.717, 1.165) is 16.5 Å². The quantitative estimate of drug-likeness (QED) is 0.783. The summed E-state index contributed by atoms with van der Waals surface area (Å²) in [5.74, 6) is -0.442. The first-order chi connectivity index (χ1) is 11.1. The first-order valence-corrected chi connectivity index (χ1v) is 7.86. The van der Waals surface area contributed by atoms with Crippen molar-refractivity contribution in [2.75, 3.05) is 19.0 Å². The monoisotopic (exact) mass is 376 g/mol. The van der Waals surface area contributed by atoms with Crippen molar-refractivity contribution < 1.29 is 14.3 Å². The molecule has 5 nitrogen and oxygen atoms in total. The van der Waals surface area contributed by atoms with Crippen molar-refractivity contribution in [3.63, 3.8) is 0 Å². The molecule has 2 aromatic carbocycles. The summed E-state index contributed by atoms with van der Waals surface area (Å²) in [7, 11) is 1.32. The van der Waals surface area contributed by atoms with Crippen LogP contribution in [0.1, 0.15) is 15.9 Å². The molecule has 0 fully saturated rings. The topological polar surface area (TPSA) is 67.4 Å². The number of rotatable bonds is 5. The van der Waals surface area contributed by atoms with E-state index in [9.17, 15) is 9.59 Å². The Morgan fingerprint density at radius 1 is 1.13 bits per heavy atom. The van der Waals surface area contributed by atoms with Crippen LogP contribution < -0.4 is 10.6 Å². The van der Waals surface area contributed by atoms with Crippen LogP contribution >= 0.6 is 15.9 Å².